The van der Waals surface area contributed by atoms with Crippen molar-refractivity contribution in [3.63, 3.8) is 0 Å². The van der Waals surface area contributed by atoms with Crippen LogP contribution in [0.15, 0.2) is 24.3 Å². The summed E-state index contributed by atoms with van der Waals surface area (Å²) in [5.74, 6) is 0.671. The summed E-state index contributed by atoms with van der Waals surface area (Å²) in [6, 6.07) is 8.90. The molecule has 17 heavy (non-hydrogen) atoms. The third kappa shape index (κ3) is 3.83. The van der Waals surface area contributed by atoms with Crippen LogP contribution < -0.4 is 5.73 Å². The number of benzene rings is 1. The summed E-state index contributed by atoms with van der Waals surface area (Å²) in [7, 11) is 0. The number of hydrogen-bond donors (Lipinski definition) is 1. The van der Waals surface area contributed by atoms with E-state index in [2.05, 4.69) is 38.1 Å². The van der Waals surface area contributed by atoms with E-state index in [-0.39, 0.29) is 5.54 Å². The summed E-state index contributed by atoms with van der Waals surface area (Å²) in [6.45, 7) is 5.96. The normalized spacial score (nSPS) is 18.3. The molecule has 1 fully saturated rings. The minimum absolute atomic E-state index is 0.131. The Morgan fingerprint density at radius 3 is 2.65 bits per heavy atom. The second-order valence-electron chi connectivity index (χ2n) is 5.80. The van der Waals surface area contributed by atoms with Gasteiger partial charge in [0.05, 0.1) is 0 Å². The van der Waals surface area contributed by atoms with Crippen LogP contribution in [-0.4, -0.2) is 18.8 Å². The molecule has 0 bridgehead atoms. The molecule has 2 rings (SSSR count). The van der Waals surface area contributed by atoms with E-state index in [1.54, 1.807) is 0 Å². The smallest absolute Gasteiger partial charge is 0.0471 e. The fourth-order valence-electron chi connectivity index (χ4n) is 2.51. The Morgan fingerprint density at radius 2 is 2.00 bits per heavy atom. The Kier molecular flexibility index (Phi) is 3.85. The molecule has 2 N–H and O–H groups in total. The van der Waals surface area contributed by atoms with Crippen LogP contribution in [-0.2, 0) is 11.2 Å². The summed E-state index contributed by atoms with van der Waals surface area (Å²) in [4.78, 5) is 0. The van der Waals surface area contributed by atoms with Crippen molar-refractivity contribution >= 4 is 0 Å². The Labute approximate surface area is 104 Å². The van der Waals surface area contributed by atoms with Gasteiger partial charge in [0.15, 0.2) is 0 Å². The molecule has 1 aliphatic heterocycles. The van der Waals surface area contributed by atoms with Gasteiger partial charge in [0.1, 0.15) is 0 Å². The van der Waals surface area contributed by atoms with Gasteiger partial charge in [-0.15, -0.1) is 0 Å². The zero-order valence-corrected chi connectivity index (χ0v) is 10.9. The minimum atomic E-state index is -0.131. The lowest BCUT2D eigenvalue weighted by atomic mass is 9.88. The van der Waals surface area contributed by atoms with Crippen molar-refractivity contribution in [3.8, 4) is 0 Å². The van der Waals surface area contributed by atoms with Crippen molar-refractivity contribution in [2.24, 2.45) is 5.73 Å². The van der Waals surface area contributed by atoms with E-state index >= 15 is 0 Å². The van der Waals surface area contributed by atoms with Crippen molar-refractivity contribution < 1.29 is 4.74 Å². The van der Waals surface area contributed by atoms with Crippen LogP contribution in [0.2, 0.25) is 0 Å². The van der Waals surface area contributed by atoms with E-state index in [1.807, 2.05) is 0 Å². The fourth-order valence-corrected chi connectivity index (χ4v) is 2.51. The average Bonchev–Trinajstić information content (AvgIpc) is 2.28. The molecule has 0 saturated carbocycles. The fraction of sp³-hybridized carbons (Fsp3) is 0.600. The number of ether oxygens (including phenoxy) is 1. The standard InChI is InChI=1S/C15H23NO/c1-15(2,16)11-12-4-3-5-14(10-12)13-6-8-17-9-7-13/h3-5,10,13H,6-9,11,16H2,1-2H3. The molecule has 2 heteroatoms. The van der Waals surface area contributed by atoms with Crippen molar-refractivity contribution in [2.75, 3.05) is 13.2 Å². The van der Waals surface area contributed by atoms with Crippen LogP contribution in [0, 0.1) is 0 Å². The molecule has 0 spiro atoms. The van der Waals surface area contributed by atoms with Crippen molar-refractivity contribution in [2.45, 2.75) is 44.6 Å². The quantitative estimate of drug-likeness (QED) is 0.871. The first-order chi connectivity index (χ1) is 8.04. The Morgan fingerprint density at radius 1 is 1.29 bits per heavy atom. The van der Waals surface area contributed by atoms with Gasteiger partial charge < -0.3 is 10.5 Å². The maximum atomic E-state index is 6.08. The molecular weight excluding hydrogens is 210 g/mol. The highest BCUT2D eigenvalue weighted by atomic mass is 16.5. The monoisotopic (exact) mass is 233 g/mol. The molecular formula is C15H23NO. The molecule has 0 unspecified atom stereocenters. The van der Waals surface area contributed by atoms with Crippen molar-refractivity contribution in [3.05, 3.63) is 35.4 Å². The lowest BCUT2D eigenvalue weighted by Crippen LogP contribution is -2.34. The van der Waals surface area contributed by atoms with Gasteiger partial charge in [-0.25, -0.2) is 0 Å². The van der Waals surface area contributed by atoms with Gasteiger partial charge in [0, 0.05) is 18.8 Å². The van der Waals surface area contributed by atoms with Crippen LogP contribution >= 0.6 is 0 Å². The highest BCUT2D eigenvalue weighted by Gasteiger charge is 2.17. The molecule has 0 aliphatic carbocycles. The second kappa shape index (κ2) is 5.19. The molecule has 0 amide bonds. The first-order valence-electron chi connectivity index (χ1n) is 6.50. The summed E-state index contributed by atoms with van der Waals surface area (Å²) >= 11 is 0. The van der Waals surface area contributed by atoms with E-state index in [9.17, 15) is 0 Å². The van der Waals surface area contributed by atoms with Gasteiger partial charge in [-0.1, -0.05) is 24.3 Å². The largest absolute Gasteiger partial charge is 0.381 e. The van der Waals surface area contributed by atoms with Gasteiger partial charge in [-0.05, 0) is 50.2 Å². The van der Waals surface area contributed by atoms with Gasteiger partial charge in [-0.2, -0.15) is 0 Å². The summed E-state index contributed by atoms with van der Waals surface area (Å²) in [5, 5.41) is 0. The molecule has 0 aromatic heterocycles. The maximum Gasteiger partial charge on any atom is 0.0471 e. The molecule has 1 aromatic carbocycles. The third-order valence-corrected chi connectivity index (χ3v) is 3.30. The van der Waals surface area contributed by atoms with Gasteiger partial charge in [0.2, 0.25) is 0 Å². The number of nitrogens with two attached hydrogens (primary N) is 1. The van der Waals surface area contributed by atoms with Gasteiger partial charge in [-0.3, -0.25) is 0 Å². The molecule has 0 atom stereocenters. The van der Waals surface area contributed by atoms with Crippen LogP contribution in [0.4, 0.5) is 0 Å². The van der Waals surface area contributed by atoms with Crippen LogP contribution in [0.25, 0.3) is 0 Å². The molecule has 1 aliphatic rings. The lowest BCUT2D eigenvalue weighted by molar-refractivity contribution is 0.0853. The first-order valence-corrected chi connectivity index (χ1v) is 6.50. The van der Waals surface area contributed by atoms with E-state index < -0.39 is 0 Å². The Balaban J connectivity index is 2.10. The topological polar surface area (TPSA) is 35.2 Å². The lowest BCUT2D eigenvalue weighted by Gasteiger charge is -2.24. The second-order valence-corrected chi connectivity index (χ2v) is 5.80. The third-order valence-electron chi connectivity index (χ3n) is 3.30. The highest BCUT2D eigenvalue weighted by Crippen LogP contribution is 2.27. The van der Waals surface area contributed by atoms with Crippen molar-refractivity contribution in [1.29, 1.82) is 0 Å². The zero-order chi connectivity index (χ0) is 12.3. The Bertz CT molecular complexity index is 361. The Hall–Kier alpha value is -0.860. The van der Waals surface area contributed by atoms with Gasteiger partial charge in [0.25, 0.3) is 0 Å². The van der Waals surface area contributed by atoms with Crippen molar-refractivity contribution in [1.82, 2.24) is 0 Å². The van der Waals surface area contributed by atoms with E-state index in [0.29, 0.717) is 5.92 Å². The van der Waals surface area contributed by atoms with E-state index in [0.717, 1.165) is 32.5 Å². The summed E-state index contributed by atoms with van der Waals surface area (Å²) in [5.41, 5.74) is 8.75. The molecule has 0 radical (unpaired) electrons. The average molecular weight is 233 g/mol. The van der Waals surface area contributed by atoms with Crippen LogP contribution in [0.1, 0.15) is 43.7 Å². The zero-order valence-electron chi connectivity index (χ0n) is 10.9. The van der Waals surface area contributed by atoms with E-state index in [1.165, 1.54) is 11.1 Å². The van der Waals surface area contributed by atoms with Crippen LogP contribution in [0.3, 0.4) is 0 Å². The predicted molar refractivity (Wildman–Crippen MR) is 71.2 cm³/mol. The minimum Gasteiger partial charge on any atom is -0.381 e. The first kappa shape index (κ1) is 12.6. The molecule has 2 nitrogen and oxygen atoms in total. The van der Waals surface area contributed by atoms with E-state index in [4.69, 9.17) is 10.5 Å². The van der Waals surface area contributed by atoms with Crippen LogP contribution in [0.5, 0.6) is 0 Å². The summed E-state index contributed by atoms with van der Waals surface area (Å²) in [6.07, 6.45) is 3.23. The number of hydrogen-bond acceptors (Lipinski definition) is 2. The molecule has 1 saturated heterocycles. The highest BCUT2D eigenvalue weighted by molar-refractivity contribution is 5.27. The molecule has 94 valence electrons. The maximum absolute atomic E-state index is 6.08. The molecule has 1 aromatic rings. The predicted octanol–water partition coefficient (Wildman–Crippen LogP) is 2.86. The number of rotatable bonds is 3. The molecule has 1 heterocycles. The van der Waals surface area contributed by atoms with Gasteiger partial charge >= 0.3 is 0 Å². The SMILES string of the molecule is CC(C)(N)Cc1cccc(C2CCOCC2)c1. The summed E-state index contributed by atoms with van der Waals surface area (Å²) < 4.78 is 5.41.